The molecule has 0 radical (unpaired) electrons. The zero-order valence-corrected chi connectivity index (χ0v) is 15.7. The van der Waals surface area contributed by atoms with E-state index >= 15 is 0 Å². The summed E-state index contributed by atoms with van der Waals surface area (Å²) >= 11 is 1.73. The first-order valence-electron chi connectivity index (χ1n) is 8.37. The molecule has 0 bridgehead atoms. The highest BCUT2D eigenvalue weighted by Gasteiger charge is 2.30. The third kappa shape index (κ3) is 5.77. The van der Waals surface area contributed by atoms with Gasteiger partial charge in [-0.05, 0) is 53.4 Å². The lowest BCUT2D eigenvalue weighted by molar-refractivity contribution is 0.0148. The van der Waals surface area contributed by atoms with Crippen LogP contribution in [0, 0.1) is 12.8 Å². The molecule has 1 fully saturated rings. The fourth-order valence-corrected chi connectivity index (χ4v) is 3.55. The van der Waals surface area contributed by atoms with Crippen LogP contribution in [0.5, 0.6) is 0 Å². The SMILES string of the molecule is Cc1cnc(CN[C@H](C)[C@@H]2CCCN(C(=O)OC(C)(C)C)C2)s1. The van der Waals surface area contributed by atoms with Crippen LogP contribution < -0.4 is 5.32 Å². The fraction of sp³-hybridized carbons (Fsp3) is 0.765. The Hall–Kier alpha value is -1.14. The third-order valence-corrected chi connectivity index (χ3v) is 4.97. The van der Waals surface area contributed by atoms with E-state index in [9.17, 15) is 4.79 Å². The van der Waals surface area contributed by atoms with Crippen LogP contribution in [0.4, 0.5) is 4.79 Å². The van der Waals surface area contributed by atoms with Gasteiger partial charge in [0.25, 0.3) is 0 Å². The van der Waals surface area contributed by atoms with Gasteiger partial charge in [0.15, 0.2) is 0 Å². The first-order chi connectivity index (χ1) is 10.7. The Morgan fingerprint density at radius 1 is 1.57 bits per heavy atom. The maximum atomic E-state index is 12.2. The maximum absolute atomic E-state index is 12.2. The molecular weight excluding hydrogens is 310 g/mol. The predicted molar refractivity (Wildman–Crippen MR) is 93.7 cm³/mol. The van der Waals surface area contributed by atoms with Crippen molar-refractivity contribution in [2.24, 2.45) is 5.92 Å². The largest absolute Gasteiger partial charge is 0.444 e. The fourth-order valence-electron chi connectivity index (χ4n) is 2.81. The summed E-state index contributed by atoms with van der Waals surface area (Å²) < 4.78 is 5.50. The quantitative estimate of drug-likeness (QED) is 0.911. The summed E-state index contributed by atoms with van der Waals surface area (Å²) in [5.74, 6) is 0.456. The van der Waals surface area contributed by atoms with E-state index in [4.69, 9.17) is 4.74 Å². The molecule has 1 aromatic rings. The average molecular weight is 340 g/mol. The Morgan fingerprint density at radius 3 is 2.91 bits per heavy atom. The van der Waals surface area contributed by atoms with Gasteiger partial charge in [-0.15, -0.1) is 11.3 Å². The minimum absolute atomic E-state index is 0.190. The maximum Gasteiger partial charge on any atom is 0.410 e. The van der Waals surface area contributed by atoms with E-state index in [0.29, 0.717) is 12.0 Å². The highest BCUT2D eigenvalue weighted by atomic mass is 32.1. The molecule has 0 aromatic carbocycles. The van der Waals surface area contributed by atoms with Gasteiger partial charge in [0.1, 0.15) is 10.6 Å². The molecule has 0 saturated carbocycles. The predicted octanol–water partition coefficient (Wildman–Crippen LogP) is 3.58. The molecule has 0 spiro atoms. The molecule has 1 aliphatic rings. The summed E-state index contributed by atoms with van der Waals surface area (Å²) in [5, 5.41) is 4.68. The second-order valence-corrected chi connectivity index (χ2v) is 8.68. The van der Waals surface area contributed by atoms with Crippen LogP contribution in [0.3, 0.4) is 0 Å². The number of nitrogens with one attached hydrogen (secondary N) is 1. The smallest absolute Gasteiger partial charge is 0.410 e. The molecule has 0 aliphatic carbocycles. The van der Waals surface area contributed by atoms with Gasteiger partial charge in [-0.3, -0.25) is 0 Å². The van der Waals surface area contributed by atoms with Crippen molar-refractivity contribution in [2.45, 2.75) is 65.6 Å². The second kappa shape index (κ2) is 7.62. The number of amides is 1. The number of hydrogen-bond donors (Lipinski definition) is 1. The number of carbonyl (C=O) groups is 1. The Balaban J connectivity index is 1.83. The van der Waals surface area contributed by atoms with Gasteiger partial charge in [0.2, 0.25) is 0 Å². The number of carbonyl (C=O) groups excluding carboxylic acids is 1. The Kier molecular flexibility index (Phi) is 6.03. The number of hydrogen-bond acceptors (Lipinski definition) is 5. The van der Waals surface area contributed by atoms with E-state index in [-0.39, 0.29) is 6.09 Å². The number of rotatable bonds is 4. The molecule has 0 unspecified atom stereocenters. The molecule has 23 heavy (non-hydrogen) atoms. The molecular formula is C17H29N3O2S. The highest BCUT2D eigenvalue weighted by molar-refractivity contribution is 7.11. The molecule has 130 valence electrons. The molecule has 1 amide bonds. The first kappa shape index (κ1) is 18.2. The number of aryl methyl sites for hydroxylation is 1. The molecule has 2 rings (SSSR count). The van der Waals surface area contributed by atoms with E-state index in [1.807, 2.05) is 31.9 Å². The number of nitrogens with zero attached hydrogens (tertiary/aromatic N) is 2. The van der Waals surface area contributed by atoms with Gasteiger partial charge < -0.3 is 15.0 Å². The van der Waals surface area contributed by atoms with Gasteiger partial charge >= 0.3 is 6.09 Å². The van der Waals surface area contributed by atoms with Gasteiger partial charge in [0, 0.05) is 36.8 Å². The van der Waals surface area contributed by atoms with Gasteiger partial charge in [0.05, 0.1) is 0 Å². The Bertz CT molecular complexity index is 524. The third-order valence-electron chi connectivity index (χ3n) is 4.06. The summed E-state index contributed by atoms with van der Waals surface area (Å²) in [5.41, 5.74) is -0.434. The van der Waals surface area contributed by atoms with Crippen molar-refractivity contribution in [2.75, 3.05) is 13.1 Å². The first-order valence-corrected chi connectivity index (χ1v) is 9.19. The van der Waals surface area contributed by atoms with Crippen LogP contribution in [-0.2, 0) is 11.3 Å². The monoisotopic (exact) mass is 339 g/mol. The average Bonchev–Trinajstić information content (AvgIpc) is 2.89. The van der Waals surface area contributed by atoms with Crippen molar-refractivity contribution in [3.63, 3.8) is 0 Å². The molecule has 1 saturated heterocycles. The van der Waals surface area contributed by atoms with Crippen LogP contribution in [0.2, 0.25) is 0 Å². The van der Waals surface area contributed by atoms with Crippen molar-refractivity contribution in [3.05, 3.63) is 16.1 Å². The van der Waals surface area contributed by atoms with E-state index in [2.05, 4.69) is 24.1 Å². The van der Waals surface area contributed by atoms with E-state index in [1.165, 1.54) is 4.88 Å². The minimum atomic E-state index is -0.434. The minimum Gasteiger partial charge on any atom is -0.444 e. The van der Waals surface area contributed by atoms with E-state index in [1.54, 1.807) is 11.3 Å². The van der Waals surface area contributed by atoms with Crippen molar-refractivity contribution >= 4 is 17.4 Å². The second-order valence-electron chi connectivity index (χ2n) is 7.36. The zero-order chi connectivity index (χ0) is 17.0. The van der Waals surface area contributed by atoms with Crippen LogP contribution in [0.1, 0.15) is 50.4 Å². The van der Waals surface area contributed by atoms with Crippen molar-refractivity contribution < 1.29 is 9.53 Å². The van der Waals surface area contributed by atoms with Crippen molar-refractivity contribution in [3.8, 4) is 0 Å². The molecule has 1 N–H and O–H groups in total. The zero-order valence-electron chi connectivity index (χ0n) is 14.9. The van der Waals surface area contributed by atoms with Crippen LogP contribution in [-0.4, -0.2) is 40.7 Å². The van der Waals surface area contributed by atoms with Crippen molar-refractivity contribution in [1.29, 1.82) is 0 Å². The van der Waals surface area contributed by atoms with Gasteiger partial charge in [-0.1, -0.05) is 0 Å². The van der Waals surface area contributed by atoms with Gasteiger partial charge in [-0.25, -0.2) is 9.78 Å². The van der Waals surface area contributed by atoms with Crippen LogP contribution in [0.15, 0.2) is 6.20 Å². The van der Waals surface area contributed by atoms with Crippen LogP contribution in [0.25, 0.3) is 0 Å². The summed E-state index contributed by atoms with van der Waals surface area (Å²) in [4.78, 5) is 19.7. The normalized spacial score (nSPS) is 20.4. The lowest BCUT2D eigenvalue weighted by Crippen LogP contribution is -2.47. The van der Waals surface area contributed by atoms with E-state index < -0.39 is 5.60 Å². The molecule has 6 heteroatoms. The topological polar surface area (TPSA) is 54.5 Å². The molecule has 1 aromatic heterocycles. The molecule has 2 atom stereocenters. The standard InChI is InChI=1S/C17H29N3O2S/c1-12-9-19-15(23-12)10-18-13(2)14-7-6-8-20(11-14)16(21)22-17(3,4)5/h9,13-14,18H,6-8,10-11H2,1-5H3/t13-,14-/m1/s1. The number of aromatic nitrogens is 1. The lowest BCUT2D eigenvalue weighted by Gasteiger charge is -2.36. The Morgan fingerprint density at radius 2 is 2.30 bits per heavy atom. The molecule has 5 nitrogen and oxygen atoms in total. The lowest BCUT2D eigenvalue weighted by atomic mass is 9.92. The van der Waals surface area contributed by atoms with E-state index in [0.717, 1.165) is 37.5 Å². The Labute approximate surface area is 143 Å². The summed E-state index contributed by atoms with van der Waals surface area (Å²) in [7, 11) is 0. The number of ether oxygens (including phenoxy) is 1. The summed E-state index contributed by atoms with van der Waals surface area (Å²) in [6.07, 6.45) is 3.90. The summed E-state index contributed by atoms with van der Waals surface area (Å²) in [6, 6.07) is 0.351. The number of likely N-dealkylation sites (tertiary alicyclic amines) is 1. The molecule has 1 aliphatic heterocycles. The number of thiazole rings is 1. The molecule has 2 heterocycles. The van der Waals surface area contributed by atoms with Crippen molar-refractivity contribution in [1.82, 2.24) is 15.2 Å². The van der Waals surface area contributed by atoms with Crippen LogP contribution >= 0.6 is 11.3 Å². The van der Waals surface area contributed by atoms with Gasteiger partial charge in [-0.2, -0.15) is 0 Å². The number of piperidine rings is 1. The highest BCUT2D eigenvalue weighted by Crippen LogP contribution is 2.22. The summed E-state index contributed by atoms with van der Waals surface area (Å²) in [6.45, 7) is 12.4.